The number of benzene rings is 2. The van der Waals surface area contributed by atoms with E-state index in [1.165, 1.54) is 4.68 Å². The van der Waals surface area contributed by atoms with Gasteiger partial charge in [-0.3, -0.25) is 14.3 Å². The van der Waals surface area contributed by atoms with Crippen molar-refractivity contribution in [2.75, 3.05) is 5.32 Å². The zero-order chi connectivity index (χ0) is 20.9. The lowest BCUT2D eigenvalue weighted by Gasteiger charge is -2.05. The Bertz CT molecular complexity index is 1150. The quantitative estimate of drug-likeness (QED) is 0.442. The van der Waals surface area contributed by atoms with Crippen LogP contribution in [-0.2, 0) is 24.8 Å². The van der Waals surface area contributed by atoms with Crippen LogP contribution in [0.15, 0.2) is 60.7 Å². The molecule has 2 amide bonds. The number of H-pyrrole nitrogens is 1. The minimum atomic E-state index is -0.337. The van der Waals surface area contributed by atoms with Crippen molar-refractivity contribution in [1.29, 1.82) is 0 Å². The zero-order valence-electron chi connectivity index (χ0n) is 16.6. The van der Waals surface area contributed by atoms with Crippen LogP contribution in [0.25, 0.3) is 11.0 Å². The van der Waals surface area contributed by atoms with E-state index in [0.29, 0.717) is 24.5 Å². The first-order chi connectivity index (χ1) is 14.6. The van der Waals surface area contributed by atoms with Gasteiger partial charge in [0.25, 0.3) is 5.91 Å². The highest BCUT2D eigenvalue weighted by Crippen LogP contribution is 2.12. The maximum absolute atomic E-state index is 12.5. The molecule has 3 N–H and O–H groups in total. The number of aryl methyl sites for hydroxylation is 2. The third-order valence-corrected chi connectivity index (χ3v) is 4.72. The summed E-state index contributed by atoms with van der Waals surface area (Å²) in [5.74, 6) is 0.670. The number of aromatic nitrogens is 4. The number of imidazole rings is 1. The van der Waals surface area contributed by atoms with E-state index in [1.54, 1.807) is 13.1 Å². The molecule has 4 aromatic rings. The number of para-hydroxylation sites is 2. The number of carbonyl (C=O) groups is 2. The molecule has 0 radical (unpaired) electrons. The van der Waals surface area contributed by atoms with E-state index in [4.69, 9.17) is 0 Å². The number of anilines is 1. The molecule has 0 spiro atoms. The van der Waals surface area contributed by atoms with E-state index in [2.05, 4.69) is 25.7 Å². The highest BCUT2D eigenvalue weighted by Gasteiger charge is 2.15. The summed E-state index contributed by atoms with van der Waals surface area (Å²) in [6.07, 6.45) is 0.998. The van der Waals surface area contributed by atoms with E-state index in [9.17, 15) is 9.59 Å². The molecule has 0 bridgehead atoms. The average Bonchev–Trinajstić information content (AvgIpc) is 3.34. The van der Waals surface area contributed by atoms with Crippen molar-refractivity contribution in [2.45, 2.75) is 19.4 Å². The fourth-order valence-corrected chi connectivity index (χ4v) is 3.15. The largest absolute Gasteiger partial charge is 0.343 e. The van der Waals surface area contributed by atoms with Gasteiger partial charge in [-0.15, -0.1) is 0 Å². The molecule has 0 atom stereocenters. The second-order valence-electron chi connectivity index (χ2n) is 6.96. The first-order valence-corrected chi connectivity index (χ1v) is 9.68. The fraction of sp³-hybridized carbons (Fsp3) is 0.182. The van der Waals surface area contributed by atoms with Crippen LogP contribution in [0, 0.1) is 0 Å². The lowest BCUT2D eigenvalue weighted by atomic mass is 10.1. The molecule has 2 aromatic carbocycles. The minimum Gasteiger partial charge on any atom is -0.343 e. The molecule has 4 rings (SSSR count). The van der Waals surface area contributed by atoms with Gasteiger partial charge in [-0.2, -0.15) is 5.10 Å². The molecule has 0 aliphatic heterocycles. The summed E-state index contributed by atoms with van der Waals surface area (Å²) in [7, 11) is 1.68. The molecule has 8 nitrogen and oxygen atoms in total. The third-order valence-electron chi connectivity index (χ3n) is 4.72. The minimum absolute atomic E-state index is 0.129. The molecule has 0 saturated heterocycles. The molecule has 2 heterocycles. The van der Waals surface area contributed by atoms with Crippen molar-refractivity contribution in [1.82, 2.24) is 25.1 Å². The molecule has 30 heavy (non-hydrogen) atoms. The number of hydrogen-bond acceptors (Lipinski definition) is 4. The van der Waals surface area contributed by atoms with Gasteiger partial charge in [0, 0.05) is 19.5 Å². The molecule has 8 heteroatoms. The summed E-state index contributed by atoms with van der Waals surface area (Å²) in [5.41, 5.74) is 3.09. The molecule has 0 saturated carbocycles. The van der Waals surface area contributed by atoms with E-state index in [1.807, 2.05) is 54.6 Å². The van der Waals surface area contributed by atoms with Crippen LogP contribution in [0.5, 0.6) is 0 Å². The van der Waals surface area contributed by atoms with Crippen molar-refractivity contribution in [2.24, 2.45) is 7.05 Å². The first kappa shape index (κ1) is 19.4. The molecular formula is C22H22N6O2. The Balaban J connectivity index is 1.33. The summed E-state index contributed by atoms with van der Waals surface area (Å²) in [6.45, 7) is 0.253. The predicted molar refractivity (Wildman–Crippen MR) is 114 cm³/mol. The smallest absolute Gasteiger partial charge is 0.272 e. The Morgan fingerprint density at radius 2 is 1.83 bits per heavy atom. The van der Waals surface area contributed by atoms with Crippen LogP contribution in [0.2, 0.25) is 0 Å². The SMILES string of the molecule is Cn1nc(C(=O)NCc2nc3ccccc3[nH]2)cc1NC(=O)CCc1ccccc1. The van der Waals surface area contributed by atoms with E-state index in [-0.39, 0.29) is 24.1 Å². The van der Waals surface area contributed by atoms with Crippen molar-refractivity contribution in [3.63, 3.8) is 0 Å². The van der Waals surface area contributed by atoms with Crippen molar-refractivity contribution >= 4 is 28.7 Å². The Kier molecular flexibility index (Phi) is 5.56. The normalized spacial score (nSPS) is 10.8. The topological polar surface area (TPSA) is 105 Å². The van der Waals surface area contributed by atoms with Crippen molar-refractivity contribution < 1.29 is 9.59 Å². The molecule has 0 aliphatic rings. The molecule has 0 fully saturated rings. The summed E-state index contributed by atoms with van der Waals surface area (Å²) in [6, 6.07) is 19.1. The fourth-order valence-electron chi connectivity index (χ4n) is 3.15. The van der Waals surface area contributed by atoms with E-state index in [0.717, 1.165) is 16.6 Å². The van der Waals surface area contributed by atoms with Crippen LogP contribution < -0.4 is 10.6 Å². The van der Waals surface area contributed by atoms with E-state index >= 15 is 0 Å². The molecule has 152 valence electrons. The van der Waals surface area contributed by atoms with Gasteiger partial charge >= 0.3 is 0 Å². The highest BCUT2D eigenvalue weighted by atomic mass is 16.2. The molecular weight excluding hydrogens is 380 g/mol. The average molecular weight is 402 g/mol. The lowest BCUT2D eigenvalue weighted by molar-refractivity contribution is -0.116. The molecule has 0 unspecified atom stereocenters. The number of fused-ring (bicyclic) bond motifs is 1. The number of nitrogens with zero attached hydrogens (tertiary/aromatic N) is 3. The van der Waals surface area contributed by atoms with Crippen LogP contribution in [0.1, 0.15) is 28.3 Å². The predicted octanol–water partition coefficient (Wildman–Crippen LogP) is 2.80. The second kappa shape index (κ2) is 8.60. The van der Waals surface area contributed by atoms with Crippen molar-refractivity contribution in [3.05, 3.63) is 77.7 Å². The zero-order valence-corrected chi connectivity index (χ0v) is 16.6. The Morgan fingerprint density at radius 1 is 1.07 bits per heavy atom. The highest BCUT2D eigenvalue weighted by molar-refractivity contribution is 5.95. The van der Waals surface area contributed by atoms with Gasteiger partial charge in [-0.25, -0.2) is 4.98 Å². The van der Waals surface area contributed by atoms with Gasteiger partial charge in [0.1, 0.15) is 11.6 Å². The Labute approximate surface area is 173 Å². The van der Waals surface area contributed by atoms with Gasteiger partial charge in [-0.05, 0) is 24.1 Å². The van der Waals surface area contributed by atoms with Crippen LogP contribution in [0.3, 0.4) is 0 Å². The third kappa shape index (κ3) is 4.54. The molecule has 2 aromatic heterocycles. The number of rotatable bonds is 7. The summed E-state index contributed by atoms with van der Waals surface area (Å²) in [4.78, 5) is 32.3. The van der Waals surface area contributed by atoms with Crippen molar-refractivity contribution in [3.8, 4) is 0 Å². The van der Waals surface area contributed by atoms with Crippen LogP contribution in [-0.4, -0.2) is 31.6 Å². The van der Waals surface area contributed by atoms with Gasteiger partial charge in [0.2, 0.25) is 5.91 Å². The molecule has 0 aliphatic carbocycles. The van der Waals surface area contributed by atoms with Crippen LogP contribution >= 0.6 is 0 Å². The van der Waals surface area contributed by atoms with E-state index < -0.39 is 0 Å². The lowest BCUT2D eigenvalue weighted by Crippen LogP contribution is -2.24. The second-order valence-corrected chi connectivity index (χ2v) is 6.96. The number of amides is 2. The number of aromatic amines is 1. The monoisotopic (exact) mass is 402 g/mol. The maximum atomic E-state index is 12.5. The first-order valence-electron chi connectivity index (χ1n) is 9.68. The Hall–Kier alpha value is -3.94. The van der Waals surface area contributed by atoms with Gasteiger partial charge in [0.05, 0.1) is 17.6 Å². The summed E-state index contributed by atoms with van der Waals surface area (Å²) < 4.78 is 1.48. The maximum Gasteiger partial charge on any atom is 0.272 e. The summed E-state index contributed by atoms with van der Waals surface area (Å²) in [5, 5.41) is 9.80. The summed E-state index contributed by atoms with van der Waals surface area (Å²) >= 11 is 0. The van der Waals surface area contributed by atoms with Crippen LogP contribution in [0.4, 0.5) is 5.82 Å². The van der Waals surface area contributed by atoms with Gasteiger partial charge < -0.3 is 15.6 Å². The Morgan fingerprint density at radius 3 is 2.63 bits per heavy atom. The number of carbonyl (C=O) groups excluding carboxylic acids is 2. The number of hydrogen-bond donors (Lipinski definition) is 3. The van der Waals surface area contributed by atoms with Gasteiger partial charge in [-0.1, -0.05) is 42.5 Å². The standard InChI is InChI=1S/C22H22N6O2/c1-28-20(26-21(29)12-11-15-7-3-2-4-8-15)13-18(27-28)22(30)23-14-19-24-16-9-5-6-10-17(16)25-19/h2-10,13H,11-12,14H2,1H3,(H,23,30)(H,24,25)(H,26,29). The number of nitrogens with one attached hydrogen (secondary N) is 3. The van der Waals surface area contributed by atoms with Gasteiger partial charge in [0.15, 0.2) is 5.69 Å².